The van der Waals surface area contributed by atoms with E-state index in [4.69, 9.17) is 4.52 Å². The summed E-state index contributed by atoms with van der Waals surface area (Å²) in [6.07, 6.45) is 2.33. The van der Waals surface area contributed by atoms with E-state index in [1.807, 2.05) is 46.8 Å². The first-order chi connectivity index (χ1) is 12.8. The van der Waals surface area contributed by atoms with Crippen molar-refractivity contribution in [3.05, 3.63) is 58.7 Å². The van der Waals surface area contributed by atoms with Crippen molar-refractivity contribution < 1.29 is 9.32 Å². The standard InChI is InChI=1S/C19H16N4O2S/c24-17-9-14(10-23(17)11-15-2-1-7-26-15)18-21-19(25-22-18)13-4-3-12-5-6-20-16(12)8-13/h1-8,14,20H,9-11H2. The third-order valence-electron chi connectivity index (χ3n) is 4.75. The molecule has 130 valence electrons. The SMILES string of the molecule is O=C1CC(c2noc(-c3ccc4cc[nH]c4c3)n2)CN1Cc1cccs1. The van der Waals surface area contributed by atoms with Crippen LogP contribution in [0.5, 0.6) is 0 Å². The summed E-state index contributed by atoms with van der Waals surface area (Å²) in [6.45, 7) is 1.28. The zero-order valence-corrected chi connectivity index (χ0v) is 14.7. The summed E-state index contributed by atoms with van der Waals surface area (Å²) in [7, 11) is 0. The van der Waals surface area contributed by atoms with Crippen LogP contribution in [-0.4, -0.2) is 32.5 Å². The molecule has 26 heavy (non-hydrogen) atoms. The number of likely N-dealkylation sites (tertiary alicyclic amines) is 1. The Morgan fingerprint density at radius 2 is 2.27 bits per heavy atom. The normalized spacial score (nSPS) is 17.5. The molecule has 0 spiro atoms. The minimum Gasteiger partial charge on any atom is -0.361 e. The number of aromatic amines is 1. The van der Waals surface area contributed by atoms with Crippen LogP contribution in [0.2, 0.25) is 0 Å². The lowest BCUT2D eigenvalue weighted by Crippen LogP contribution is -2.23. The molecule has 7 heteroatoms. The van der Waals surface area contributed by atoms with Gasteiger partial charge < -0.3 is 14.4 Å². The molecule has 5 rings (SSSR count). The van der Waals surface area contributed by atoms with Crippen LogP contribution >= 0.6 is 11.3 Å². The summed E-state index contributed by atoms with van der Waals surface area (Å²) in [5, 5.41) is 7.30. The van der Waals surface area contributed by atoms with Crippen LogP contribution in [0, 0.1) is 0 Å². The highest BCUT2D eigenvalue weighted by Crippen LogP contribution is 2.30. The fourth-order valence-electron chi connectivity index (χ4n) is 3.39. The maximum Gasteiger partial charge on any atom is 0.258 e. The van der Waals surface area contributed by atoms with Gasteiger partial charge in [-0.25, -0.2) is 0 Å². The second-order valence-electron chi connectivity index (χ2n) is 6.49. The Morgan fingerprint density at radius 1 is 1.31 bits per heavy atom. The van der Waals surface area contributed by atoms with E-state index >= 15 is 0 Å². The molecule has 1 atom stereocenters. The lowest BCUT2D eigenvalue weighted by molar-refractivity contribution is -0.128. The number of H-pyrrole nitrogens is 1. The van der Waals surface area contributed by atoms with Gasteiger partial charge in [0.15, 0.2) is 5.82 Å². The number of carbonyl (C=O) groups is 1. The smallest absolute Gasteiger partial charge is 0.258 e. The van der Waals surface area contributed by atoms with Crippen LogP contribution in [0.1, 0.15) is 23.0 Å². The van der Waals surface area contributed by atoms with Gasteiger partial charge in [0.25, 0.3) is 5.89 Å². The maximum absolute atomic E-state index is 12.3. The number of fused-ring (bicyclic) bond motifs is 1. The third kappa shape index (κ3) is 2.70. The molecule has 1 fully saturated rings. The topological polar surface area (TPSA) is 75.0 Å². The number of aromatic nitrogens is 3. The molecule has 1 saturated heterocycles. The molecule has 3 aromatic heterocycles. The number of amides is 1. The first-order valence-electron chi connectivity index (χ1n) is 8.47. The lowest BCUT2D eigenvalue weighted by Gasteiger charge is -2.14. The summed E-state index contributed by atoms with van der Waals surface area (Å²) in [5.41, 5.74) is 1.90. The average Bonchev–Trinajstić information content (AvgIpc) is 3.43. The van der Waals surface area contributed by atoms with Crippen molar-refractivity contribution in [1.29, 1.82) is 0 Å². The number of nitrogens with zero attached hydrogens (tertiary/aromatic N) is 3. The molecule has 0 aliphatic carbocycles. The van der Waals surface area contributed by atoms with E-state index in [1.54, 1.807) is 11.3 Å². The number of benzene rings is 1. The molecule has 1 aromatic carbocycles. The van der Waals surface area contributed by atoms with Crippen LogP contribution < -0.4 is 0 Å². The highest BCUT2D eigenvalue weighted by Gasteiger charge is 2.33. The average molecular weight is 364 g/mol. The van der Waals surface area contributed by atoms with E-state index in [1.165, 1.54) is 4.88 Å². The van der Waals surface area contributed by atoms with Gasteiger partial charge in [-0.3, -0.25) is 4.79 Å². The van der Waals surface area contributed by atoms with Crippen molar-refractivity contribution in [2.24, 2.45) is 0 Å². The molecule has 1 aliphatic rings. The van der Waals surface area contributed by atoms with Crippen LogP contribution in [0.3, 0.4) is 0 Å². The van der Waals surface area contributed by atoms with Gasteiger partial charge in [-0.2, -0.15) is 4.98 Å². The highest BCUT2D eigenvalue weighted by molar-refractivity contribution is 7.09. The second kappa shape index (κ2) is 6.10. The molecule has 6 nitrogen and oxygen atoms in total. The number of carbonyl (C=O) groups excluding carboxylic acids is 1. The van der Waals surface area contributed by atoms with E-state index in [2.05, 4.69) is 21.2 Å². The monoisotopic (exact) mass is 364 g/mol. The Kier molecular flexibility index (Phi) is 3.60. The largest absolute Gasteiger partial charge is 0.361 e. The van der Waals surface area contributed by atoms with Crippen LogP contribution in [0.15, 0.2) is 52.5 Å². The Hall–Kier alpha value is -2.93. The van der Waals surface area contributed by atoms with Gasteiger partial charge >= 0.3 is 0 Å². The van der Waals surface area contributed by atoms with Crippen LogP contribution in [0.4, 0.5) is 0 Å². The van der Waals surface area contributed by atoms with Crippen molar-refractivity contribution in [2.75, 3.05) is 6.54 Å². The summed E-state index contributed by atoms with van der Waals surface area (Å²) >= 11 is 1.67. The summed E-state index contributed by atoms with van der Waals surface area (Å²) in [4.78, 5) is 23.1. The van der Waals surface area contributed by atoms with Gasteiger partial charge in [0.2, 0.25) is 5.91 Å². The number of thiophene rings is 1. The van der Waals surface area contributed by atoms with Crippen LogP contribution in [-0.2, 0) is 11.3 Å². The van der Waals surface area contributed by atoms with E-state index in [0.717, 1.165) is 16.5 Å². The molecule has 1 aliphatic heterocycles. The molecule has 1 N–H and O–H groups in total. The van der Waals surface area contributed by atoms with E-state index in [9.17, 15) is 4.79 Å². The fraction of sp³-hybridized carbons (Fsp3) is 0.211. The van der Waals surface area contributed by atoms with Gasteiger partial charge in [0.1, 0.15) is 0 Å². The molecule has 0 radical (unpaired) electrons. The number of hydrogen-bond acceptors (Lipinski definition) is 5. The molecule has 1 unspecified atom stereocenters. The third-order valence-corrected chi connectivity index (χ3v) is 5.61. The Morgan fingerprint density at radius 3 is 3.15 bits per heavy atom. The Bertz CT molecular complexity index is 1070. The van der Waals surface area contributed by atoms with Crippen LogP contribution in [0.25, 0.3) is 22.4 Å². The summed E-state index contributed by atoms with van der Waals surface area (Å²) in [6, 6.07) is 12.1. The van der Waals surface area contributed by atoms with Gasteiger partial charge in [0, 0.05) is 41.0 Å². The summed E-state index contributed by atoms with van der Waals surface area (Å²) < 4.78 is 5.46. The van der Waals surface area contributed by atoms with Gasteiger partial charge in [-0.15, -0.1) is 11.3 Å². The Balaban J connectivity index is 1.35. The van der Waals surface area contributed by atoms with Crippen molar-refractivity contribution in [1.82, 2.24) is 20.0 Å². The summed E-state index contributed by atoms with van der Waals surface area (Å²) in [5.74, 6) is 1.21. The molecule has 1 amide bonds. The first-order valence-corrected chi connectivity index (χ1v) is 9.35. The first kappa shape index (κ1) is 15.3. The fourth-order valence-corrected chi connectivity index (χ4v) is 4.11. The van der Waals surface area contributed by atoms with Crippen molar-refractivity contribution in [3.8, 4) is 11.5 Å². The lowest BCUT2D eigenvalue weighted by atomic mass is 10.1. The minimum absolute atomic E-state index is 0.0193. The number of hydrogen-bond donors (Lipinski definition) is 1. The quantitative estimate of drug-likeness (QED) is 0.598. The Labute approximate surface area is 153 Å². The molecule has 0 bridgehead atoms. The van der Waals surface area contributed by atoms with Crippen molar-refractivity contribution in [3.63, 3.8) is 0 Å². The molecule has 4 heterocycles. The molecular weight excluding hydrogens is 348 g/mol. The predicted molar refractivity (Wildman–Crippen MR) is 98.7 cm³/mol. The van der Waals surface area contributed by atoms with Crippen molar-refractivity contribution in [2.45, 2.75) is 18.9 Å². The van der Waals surface area contributed by atoms with E-state index < -0.39 is 0 Å². The van der Waals surface area contributed by atoms with E-state index in [0.29, 0.717) is 31.2 Å². The second-order valence-corrected chi connectivity index (χ2v) is 7.52. The molecular formula is C19H16N4O2S. The van der Waals surface area contributed by atoms with Gasteiger partial charge in [0.05, 0.1) is 6.54 Å². The highest BCUT2D eigenvalue weighted by atomic mass is 32.1. The zero-order chi connectivity index (χ0) is 17.5. The number of rotatable bonds is 4. The van der Waals surface area contributed by atoms with Crippen molar-refractivity contribution >= 4 is 28.1 Å². The number of nitrogens with one attached hydrogen (secondary N) is 1. The van der Waals surface area contributed by atoms with Gasteiger partial charge in [-0.05, 0) is 35.0 Å². The van der Waals surface area contributed by atoms with E-state index in [-0.39, 0.29) is 11.8 Å². The minimum atomic E-state index is -0.0193. The zero-order valence-electron chi connectivity index (χ0n) is 13.9. The molecule has 4 aromatic rings. The predicted octanol–water partition coefficient (Wildman–Crippen LogP) is 3.80. The maximum atomic E-state index is 12.3. The molecule has 0 saturated carbocycles. The van der Waals surface area contributed by atoms with Gasteiger partial charge in [-0.1, -0.05) is 17.3 Å².